The molecule has 2 nitrogen and oxygen atoms in total. The molecule has 2 aromatic carbocycles. The van der Waals surface area contributed by atoms with E-state index in [1.54, 1.807) is 6.07 Å². The van der Waals surface area contributed by atoms with Gasteiger partial charge in [-0.25, -0.2) is 0 Å². The van der Waals surface area contributed by atoms with Crippen molar-refractivity contribution in [1.29, 1.82) is 0 Å². The second-order valence-corrected chi connectivity index (χ2v) is 7.89. The molecule has 0 N–H and O–H groups in total. The van der Waals surface area contributed by atoms with Crippen LogP contribution in [0.2, 0.25) is 0 Å². The van der Waals surface area contributed by atoms with Crippen molar-refractivity contribution in [2.24, 2.45) is 0 Å². The Kier molecular flexibility index (Phi) is 3.10. The predicted octanol–water partition coefficient (Wildman–Crippen LogP) is 4.06. The fourth-order valence-electron chi connectivity index (χ4n) is 2.40. The van der Waals surface area contributed by atoms with Crippen LogP contribution in [0.3, 0.4) is 0 Å². The van der Waals surface area contributed by atoms with Crippen molar-refractivity contribution in [2.75, 3.05) is 0 Å². The monoisotopic (exact) mass is 433 g/mol. The van der Waals surface area contributed by atoms with Crippen molar-refractivity contribution in [1.82, 2.24) is 9.97 Å². The van der Waals surface area contributed by atoms with E-state index in [0.29, 0.717) is 3.58 Å². The van der Waals surface area contributed by atoms with Crippen LogP contribution in [0.4, 0.5) is 17.6 Å². The second kappa shape index (κ2) is 5.29. The van der Waals surface area contributed by atoms with Crippen molar-refractivity contribution in [3.05, 3.63) is 59.9 Å². The minimum absolute atomic E-state index is 0.0427. The van der Waals surface area contributed by atoms with Crippen LogP contribution in [0.15, 0.2) is 36.6 Å². The number of fused-ring (bicyclic) bond motifs is 2. The number of benzene rings is 2. The summed E-state index contributed by atoms with van der Waals surface area (Å²) in [7, 11) is 0. The summed E-state index contributed by atoms with van der Waals surface area (Å²) in [6.07, 6.45) is -0.578. The quantitative estimate of drug-likeness (QED) is 0.197. The maximum atomic E-state index is 14.3. The molecule has 4 aromatic rings. The molecule has 2 heterocycles. The van der Waals surface area contributed by atoms with E-state index in [0.717, 1.165) is 8.79 Å². The summed E-state index contributed by atoms with van der Waals surface area (Å²) in [5, 5.41) is 0.406. The van der Waals surface area contributed by atoms with E-state index in [1.807, 2.05) is 24.3 Å². The van der Waals surface area contributed by atoms with E-state index in [9.17, 15) is 17.6 Å². The molecule has 0 unspecified atom stereocenters. The summed E-state index contributed by atoms with van der Waals surface area (Å²) in [6, 6.07) is 9.26. The van der Waals surface area contributed by atoms with E-state index in [-0.39, 0.29) is 5.69 Å². The molecule has 0 spiro atoms. The maximum absolute atomic E-state index is 14.3. The molecule has 0 atom stereocenters. The Morgan fingerprint density at radius 1 is 0.913 bits per heavy atom. The molecule has 0 radical (unpaired) electrons. The van der Waals surface area contributed by atoms with E-state index in [1.165, 1.54) is 0 Å². The molecular formula is C16H6F4N2Te. The summed E-state index contributed by atoms with van der Waals surface area (Å²) in [5.41, 5.74) is -0.760. The van der Waals surface area contributed by atoms with E-state index in [4.69, 9.17) is 1.37 Å². The first kappa shape index (κ1) is 13.5. The zero-order chi connectivity index (χ0) is 17.0. The van der Waals surface area contributed by atoms with Gasteiger partial charge in [0.1, 0.15) is 0 Å². The van der Waals surface area contributed by atoms with Gasteiger partial charge in [0, 0.05) is 0 Å². The first-order valence-electron chi connectivity index (χ1n) is 6.96. The molecule has 0 amide bonds. The molecule has 0 saturated carbocycles. The number of aromatic nitrogens is 2. The van der Waals surface area contributed by atoms with E-state index < -0.39 is 60.9 Å². The van der Waals surface area contributed by atoms with Crippen LogP contribution < -0.4 is 0 Å². The molecule has 0 fully saturated rings. The molecule has 4 rings (SSSR count). The molecule has 0 bridgehead atoms. The summed E-state index contributed by atoms with van der Waals surface area (Å²) < 4.78 is 64.7. The van der Waals surface area contributed by atoms with Crippen molar-refractivity contribution < 1.29 is 18.9 Å². The Hall–Kier alpha value is -1.97. The number of halogens is 4. The topological polar surface area (TPSA) is 25.8 Å². The molecule has 23 heavy (non-hydrogen) atoms. The third-order valence-corrected chi connectivity index (χ3v) is 6.67. The zero-order valence-electron chi connectivity index (χ0n) is 12.2. The summed E-state index contributed by atoms with van der Waals surface area (Å²) in [5.74, 6) is -7.00. The molecular weight excluding hydrogens is 424 g/mol. The Bertz CT molecular complexity index is 1090. The SMILES string of the molecule is [2H]c1nc(-c2cc3ccccc3[te]2)c2c(F)c(F)c(F)c(F)c2n1. The van der Waals surface area contributed by atoms with Crippen LogP contribution in [-0.4, -0.2) is 30.4 Å². The van der Waals surface area contributed by atoms with Gasteiger partial charge in [-0.2, -0.15) is 0 Å². The first-order valence-corrected chi connectivity index (χ1v) is 8.79. The van der Waals surface area contributed by atoms with Crippen LogP contribution in [0.1, 0.15) is 1.37 Å². The van der Waals surface area contributed by atoms with Crippen molar-refractivity contribution in [2.45, 2.75) is 0 Å². The van der Waals surface area contributed by atoms with Gasteiger partial charge in [-0.15, -0.1) is 0 Å². The van der Waals surface area contributed by atoms with Gasteiger partial charge in [-0.1, -0.05) is 0 Å². The fraction of sp³-hybridized carbons (Fsp3) is 0. The Labute approximate surface area is 138 Å². The molecule has 7 heteroatoms. The van der Waals surface area contributed by atoms with Gasteiger partial charge >= 0.3 is 138 Å². The Morgan fingerprint density at radius 2 is 1.65 bits per heavy atom. The first-order chi connectivity index (χ1) is 11.5. The predicted molar refractivity (Wildman–Crippen MR) is 79.3 cm³/mol. The van der Waals surface area contributed by atoms with Crippen LogP contribution >= 0.6 is 0 Å². The average Bonchev–Trinajstić information content (AvgIpc) is 3.01. The Morgan fingerprint density at radius 3 is 2.43 bits per heavy atom. The number of hydrogen-bond acceptors (Lipinski definition) is 2. The van der Waals surface area contributed by atoms with E-state index >= 15 is 0 Å². The number of hydrogen-bond donors (Lipinski definition) is 0. The van der Waals surface area contributed by atoms with Crippen molar-refractivity contribution >= 4 is 40.1 Å². The van der Waals surface area contributed by atoms with Gasteiger partial charge < -0.3 is 0 Å². The standard InChI is InChI=1S/C16H6F4N2Te/c17-11-10-15(9-5-7-3-1-2-4-8(7)23-9)21-6-22-16(10)14(20)13(19)12(11)18/h1-6H/i6D. The van der Waals surface area contributed by atoms with Gasteiger partial charge in [-0.05, 0) is 0 Å². The van der Waals surface area contributed by atoms with Crippen LogP contribution in [-0.2, 0) is 0 Å². The molecule has 2 aromatic heterocycles. The molecule has 0 aliphatic carbocycles. The molecule has 0 aliphatic heterocycles. The molecule has 114 valence electrons. The summed E-state index contributed by atoms with van der Waals surface area (Å²) in [4.78, 5) is 7.30. The third kappa shape index (κ3) is 2.15. The van der Waals surface area contributed by atoms with Crippen LogP contribution in [0.25, 0.3) is 29.0 Å². The third-order valence-electron chi connectivity index (χ3n) is 3.46. The average molecular weight is 431 g/mol. The zero-order valence-corrected chi connectivity index (χ0v) is 13.5. The van der Waals surface area contributed by atoms with Crippen molar-refractivity contribution in [3.63, 3.8) is 0 Å². The number of nitrogens with zero attached hydrogens (tertiary/aromatic N) is 2. The second-order valence-electron chi connectivity index (χ2n) is 4.80. The molecule has 0 aliphatic rings. The normalized spacial score (nSPS) is 12.1. The number of rotatable bonds is 1. The minimum atomic E-state index is -1.94. The summed E-state index contributed by atoms with van der Waals surface area (Å²) >= 11 is -0.974. The van der Waals surface area contributed by atoms with Crippen molar-refractivity contribution in [3.8, 4) is 9.27 Å². The fourth-order valence-corrected chi connectivity index (χ4v) is 5.42. The van der Waals surface area contributed by atoms with Crippen LogP contribution in [0.5, 0.6) is 0 Å². The van der Waals surface area contributed by atoms with Gasteiger partial charge in [0.2, 0.25) is 0 Å². The van der Waals surface area contributed by atoms with Gasteiger partial charge in [0.15, 0.2) is 0 Å². The van der Waals surface area contributed by atoms with Gasteiger partial charge in [-0.3, -0.25) is 0 Å². The van der Waals surface area contributed by atoms with Crippen LogP contribution in [0, 0.1) is 23.3 Å². The van der Waals surface area contributed by atoms with Gasteiger partial charge in [0.05, 0.1) is 0 Å². The Balaban J connectivity index is 2.15. The molecule has 0 saturated heterocycles. The summed E-state index contributed by atoms with van der Waals surface area (Å²) in [6.45, 7) is 0. The van der Waals surface area contributed by atoms with Gasteiger partial charge in [0.25, 0.3) is 0 Å². The van der Waals surface area contributed by atoms with E-state index in [2.05, 4.69) is 9.97 Å².